The summed E-state index contributed by atoms with van der Waals surface area (Å²) < 4.78 is 0. The minimum absolute atomic E-state index is 0.0431. The van der Waals surface area contributed by atoms with Gasteiger partial charge in [-0.05, 0) is 35.4 Å². The number of anilines is 1. The fourth-order valence-electron chi connectivity index (χ4n) is 1.85. The van der Waals surface area contributed by atoms with Crippen molar-refractivity contribution in [3.63, 3.8) is 0 Å². The zero-order valence-electron chi connectivity index (χ0n) is 12.8. The molecular formula is C17H12Cl2N6. The van der Waals surface area contributed by atoms with Crippen molar-refractivity contribution >= 4 is 53.5 Å². The molecule has 6 nitrogen and oxygen atoms in total. The highest BCUT2D eigenvalue weighted by Gasteiger charge is 2.01. The second-order valence-electron chi connectivity index (χ2n) is 4.91. The maximum atomic E-state index is 5.85. The predicted octanol–water partition coefficient (Wildman–Crippen LogP) is 4.26. The average molecular weight is 371 g/mol. The van der Waals surface area contributed by atoms with E-state index in [1.165, 1.54) is 0 Å². The lowest BCUT2D eigenvalue weighted by molar-refractivity contribution is 1.04. The molecule has 0 unspecified atom stereocenters. The first-order chi connectivity index (χ1) is 12.1. The quantitative estimate of drug-likeness (QED) is 0.694. The standard InChI is InChI=1S/C17H12Cl2N6/c18-13-5-1-11(2-6-13)9-21-16-23-15(20)24-17(25-16)22-10-12-3-7-14(19)8-4-12/h1-10H,(H2,20,23,24,25). The number of benzene rings is 2. The summed E-state index contributed by atoms with van der Waals surface area (Å²) in [4.78, 5) is 20.5. The molecule has 0 atom stereocenters. The van der Waals surface area contributed by atoms with Crippen molar-refractivity contribution in [2.75, 3.05) is 5.73 Å². The number of aliphatic imine (C=N–C) groups is 2. The van der Waals surface area contributed by atoms with E-state index in [0.717, 1.165) is 11.1 Å². The van der Waals surface area contributed by atoms with Crippen LogP contribution in [0.3, 0.4) is 0 Å². The maximum absolute atomic E-state index is 5.85. The van der Waals surface area contributed by atoms with E-state index < -0.39 is 0 Å². The summed E-state index contributed by atoms with van der Waals surface area (Å²) >= 11 is 11.7. The molecule has 0 radical (unpaired) electrons. The molecule has 1 aromatic heterocycles. The zero-order chi connectivity index (χ0) is 17.6. The number of rotatable bonds is 4. The molecule has 3 aromatic rings. The molecule has 1 heterocycles. The maximum Gasteiger partial charge on any atom is 0.256 e. The van der Waals surface area contributed by atoms with Crippen LogP contribution in [0, 0.1) is 0 Å². The van der Waals surface area contributed by atoms with Gasteiger partial charge >= 0.3 is 0 Å². The van der Waals surface area contributed by atoms with Crippen molar-refractivity contribution in [3.05, 3.63) is 69.7 Å². The van der Waals surface area contributed by atoms with Crippen LogP contribution in [0.15, 0.2) is 58.5 Å². The highest BCUT2D eigenvalue weighted by atomic mass is 35.5. The predicted molar refractivity (Wildman–Crippen MR) is 102 cm³/mol. The van der Waals surface area contributed by atoms with Gasteiger partial charge in [0.25, 0.3) is 11.9 Å². The molecule has 0 amide bonds. The van der Waals surface area contributed by atoms with E-state index in [9.17, 15) is 0 Å². The van der Waals surface area contributed by atoms with Gasteiger partial charge in [0.15, 0.2) is 0 Å². The summed E-state index contributed by atoms with van der Waals surface area (Å²) in [6.45, 7) is 0. The van der Waals surface area contributed by atoms with Crippen molar-refractivity contribution < 1.29 is 0 Å². The number of halogens is 2. The topological polar surface area (TPSA) is 89.4 Å². The third-order valence-electron chi connectivity index (χ3n) is 3.03. The Morgan fingerprint density at radius 2 is 1.08 bits per heavy atom. The fraction of sp³-hybridized carbons (Fsp3) is 0. The van der Waals surface area contributed by atoms with Gasteiger partial charge in [0.1, 0.15) is 0 Å². The van der Waals surface area contributed by atoms with Gasteiger partial charge in [-0.2, -0.15) is 15.0 Å². The first-order valence-corrected chi connectivity index (χ1v) is 7.95. The van der Waals surface area contributed by atoms with Gasteiger partial charge in [-0.3, -0.25) is 0 Å². The summed E-state index contributed by atoms with van der Waals surface area (Å²) in [7, 11) is 0. The molecule has 0 saturated carbocycles. The van der Waals surface area contributed by atoms with Gasteiger partial charge in [0.2, 0.25) is 5.95 Å². The first kappa shape index (κ1) is 17.0. The number of aromatic nitrogens is 3. The zero-order valence-corrected chi connectivity index (χ0v) is 14.4. The summed E-state index contributed by atoms with van der Waals surface area (Å²) in [6.07, 6.45) is 3.22. The molecule has 0 aliphatic carbocycles. The van der Waals surface area contributed by atoms with Gasteiger partial charge < -0.3 is 5.73 Å². The minimum Gasteiger partial charge on any atom is -0.368 e. The van der Waals surface area contributed by atoms with Gasteiger partial charge in [0.05, 0.1) is 0 Å². The van der Waals surface area contributed by atoms with Crippen LogP contribution in [-0.4, -0.2) is 27.4 Å². The molecule has 0 spiro atoms. The van der Waals surface area contributed by atoms with Crippen LogP contribution >= 0.6 is 23.2 Å². The molecule has 2 aromatic carbocycles. The number of nitrogen functional groups attached to an aromatic ring is 1. The van der Waals surface area contributed by atoms with Gasteiger partial charge in [0, 0.05) is 22.5 Å². The third kappa shape index (κ3) is 5.07. The second kappa shape index (κ2) is 7.83. The Balaban J connectivity index is 1.80. The average Bonchev–Trinajstić information content (AvgIpc) is 2.60. The molecule has 0 saturated heterocycles. The monoisotopic (exact) mass is 370 g/mol. The lowest BCUT2D eigenvalue weighted by Crippen LogP contribution is -1.97. The summed E-state index contributed by atoms with van der Waals surface area (Å²) in [5.41, 5.74) is 7.40. The number of hydrogen-bond acceptors (Lipinski definition) is 6. The van der Waals surface area contributed by atoms with E-state index in [1.807, 2.05) is 24.3 Å². The van der Waals surface area contributed by atoms with Crippen LogP contribution in [0.25, 0.3) is 0 Å². The number of nitrogens with zero attached hydrogens (tertiary/aromatic N) is 5. The highest BCUT2D eigenvalue weighted by molar-refractivity contribution is 6.30. The SMILES string of the molecule is Nc1nc(N=Cc2ccc(Cl)cc2)nc(N=Cc2ccc(Cl)cc2)n1. The molecule has 0 aliphatic heterocycles. The summed E-state index contributed by atoms with van der Waals surface area (Å²) in [5, 5.41) is 1.31. The molecule has 0 bridgehead atoms. The Bertz CT molecular complexity index is 847. The molecule has 0 aliphatic rings. The molecule has 2 N–H and O–H groups in total. The van der Waals surface area contributed by atoms with Crippen LogP contribution in [0.5, 0.6) is 0 Å². The van der Waals surface area contributed by atoms with Crippen LogP contribution in [-0.2, 0) is 0 Å². The van der Waals surface area contributed by atoms with E-state index in [4.69, 9.17) is 28.9 Å². The number of nitrogens with two attached hydrogens (primary N) is 1. The molecule has 124 valence electrons. The smallest absolute Gasteiger partial charge is 0.256 e. The summed E-state index contributed by atoms with van der Waals surface area (Å²) in [6, 6.07) is 14.4. The number of hydrogen-bond donors (Lipinski definition) is 1. The highest BCUT2D eigenvalue weighted by Crippen LogP contribution is 2.14. The Morgan fingerprint density at radius 3 is 1.48 bits per heavy atom. The van der Waals surface area contributed by atoms with Gasteiger partial charge in [-0.15, -0.1) is 0 Å². The molecular weight excluding hydrogens is 359 g/mol. The van der Waals surface area contributed by atoms with E-state index in [0.29, 0.717) is 10.0 Å². The molecule has 3 rings (SSSR count). The van der Waals surface area contributed by atoms with E-state index in [2.05, 4.69) is 24.9 Å². The van der Waals surface area contributed by atoms with Crippen molar-refractivity contribution in [3.8, 4) is 0 Å². The van der Waals surface area contributed by atoms with E-state index >= 15 is 0 Å². The van der Waals surface area contributed by atoms with Crippen LogP contribution in [0.4, 0.5) is 17.8 Å². The lowest BCUT2D eigenvalue weighted by atomic mass is 10.2. The van der Waals surface area contributed by atoms with Gasteiger partial charge in [-0.25, -0.2) is 9.98 Å². The van der Waals surface area contributed by atoms with Crippen molar-refractivity contribution in [1.82, 2.24) is 15.0 Å². The Hall–Kier alpha value is -2.83. The van der Waals surface area contributed by atoms with Crippen molar-refractivity contribution in [1.29, 1.82) is 0 Å². The third-order valence-corrected chi connectivity index (χ3v) is 3.53. The minimum atomic E-state index is 0.0431. The first-order valence-electron chi connectivity index (χ1n) is 7.19. The largest absolute Gasteiger partial charge is 0.368 e. The molecule has 8 heteroatoms. The summed E-state index contributed by atoms with van der Waals surface area (Å²) in [5.74, 6) is 0.387. The fourth-order valence-corrected chi connectivity index (χ4v) is 2.10. The lowest BCUT2D eigenvalue weighted by Gasteiger charge is -1.98. The Labute approximate surface area is 154 Å². The van der Waals surface area contributed by atoms with Crippen molar-refractivity contribution in [2.24, 2.45) is 9.98 Å². The Morgan fingerprint density at radius 1 is 0.680 bits per heavy atom. The van der Waals surface area contributed by atoms with Crippen LogP contribution in [0.2, 0.25) is 10.0 Å². The molecule has 25 heavy (non-hydrogen) atoms. The van der Waals surface area contributed by atoms with E-state index in [-0.39, 0.29) is 17.8 Å². The van der Waals surface area contributed by atoms with Crippen molar-refractivity contribution in [2.45, 2.75) is 0 Å². The van der Waals surface area contributed by atoms with Gasteiger partial charge in [-0.1, -0.05) is 47.5 Å². The Kier molecular flexibility index (Phi) is 5.33. The second-order valence-corrected chi connectivity index (χ2v) is 5.79. The normalized spacial score (nSPS) is 11.4. The van der Waals surface area contributed by atoms with Crippen LogP contribution < -0.4 is 5.73 Å². The van der Waals surface area contributed by atoms with E-state index in [1.54, 1.807) is 36.7 Å². The molecule has 0 fully saturated rings. The van der Waals surface area contributed by atoms with Crippen LogP contribution in [0.1, 0.15) is 11.1 Å².